The van der Waals surface area contributed by atoms with Crippen LogP contribution in [-0.2, 0) is 0 Å². The van der Waals surface area contributed by atoms with E-state index in [1.807, 2.05) is 54.6 Å². The van der Waals surface area contributed by atoms with Crippen LogP contribution in [0.2, 0.25) is 0 Å². The zero-order valence-electron chi connectivity index (χ0n) is 14.1. The van der Waals surface area contributed by atoms with E-state index in [0.29, 0.717) is 17.8 Å². The lowest BCUT2D eigenvalue weighted by Gasteiger charge is -2.25. The first-order valence-electron chi connectivity index (χ1n) is 8.41. The van der Waals surface area contributed by atoms with Crippen molar-refractivity contribution >= 4 is 23.3 Å². The van der Waals surface area contributed by atoms with Gasteiger partial charge in [0.05, 0.1) is 0 Å². The van der Waals surface area contributed by atoms with Gasteiger partial charge in [-0.1, -0.05) is 36.4 Å². The molecule has 1 aromatic heterocycles. The number of hydrogen-bond donors (Lipinski definition) is 0. The molecule has 0 amide bonds. The molecule has 4 aromatic rings. The second-order valence-electron chi connectivity index (χ2n) is 5.87. The maximum atomic E-state index is 10.8. The minimum atomic E-state index is 0.333. The SMILES string of the molecule is O=Cc1ccc(-c2ccc(N(c3ccccc3)c3ccccc3)cc2)o1. The summed E-state index contributed by atoms with van der Waals surface area (Å²) in [5.74, 6) is 1.02. The van der Waals surface area contributed by atoms with Crippen molar-refractivity contribution in [3.63, 3.8) is 0 Å². The molecule has 3 aromatic carbocycles. The number of nitrogens with zero attached hydrogens (tertiary/aromatic N) is 1. The average molecular weight is 339 g/mol. The quantitative estimate of drug-likeness (QED) is 0.404. The Morgan fingerprint density at radius 2 is 1.15 bits per heavy atom. The highest BCUT2D eigenvalue weighted by molar-refractivity contribution is 5.78. The smallest absolute Gasteiger partial charge is 0.185 e. The zero-order valence-corrected chi connectivity index (χ0v) is 14.1. The van der Waals surface area contributed by atoms with E-state index in [1.54, 1.807) is 6.07 Å². The van der Waals surface area contributed by atoms with E-state index in [1.165, 1.54) is 0 Å². The third-order valence-electron chi connectivity index (χ3n) is 4.18. The van der Waals surface area contributed by atoms with Gasteiger partial charge in [-0.2, -0.15) is 0 Å². The molecule has 126 valence electrons. The largest absolute Gasteiger partial charge is 0.453 e. The first-order valence-corrected chi connectivity index (χ1v) is 8.41. The van der Waals surface area contributed by atoms with Gasteiger partial charge in [0.1, 0.15) is 5.76 Å². The zero-order chi connectivity index (χ0) is 17.8. The van der Waals surface area contributed by atoms with Gasteiger partial charge in [0.25, 0.3) is 0 Å². The summed E-state index contributed by atoms with van der Waals surface area (Å²) >= 11 is 0. The van der Waals surface area contributed by atoms with Crippen LogP contribution in [0.4, 0.5) is 17.1 Å². The molecule has 26 heavy (non-hydrogen) atoms. The Balaban J connectivity index is 1.73. The van der Waals surface area contributed by atoms with Crippen LogP contribution in [0, 0.1) is 0 Å². The van der Waals surface area contributed by atoms with Gasteiger partial charge in [-0.25, -0.2) is 0 Å². The fraction of sp³-hybridized carbons (Fsp3) is 0. The van der Waals surface area contributed by atoms with E-state index >= 15 is 0 Å². The molecule has 0 saturated heterocycles. The molecule has 0 fully saturated rings. The van der Waals surface area contributed by atoms with E-state index in [9.17, 15) is 4.79 Å². The van der Waals surface area contributed by atoms with Gasteiger partial charge in [0, 0.05) is 22.6 Å². The van der Waals surface area contributed by atoms with Crippen molar-refractivity contribution < 1.29 is 9.21 Å². The van der Waals surface area contributed by atoms with Crippen molar-refractivity contribution in [2.24, 2.45) is 0 Å². The molecule has 0 unspecified atom stereocenters. The molecule has 0 atom stereocenters. The van der Waals surface area contributed by atoms with Gasteiger partial charge in [-0.3, -0.25) is 4.79 Å². The molecule has 3 nitrogen and oxygen atoms in total. The highest BCUT2D eigenvalue weighted by Crippen LogP contribution is 2.35. The summed E-state index contributed by atoms with van der Waals surface area (Å²) < 4.78 is 5.51. The molecule has 0 aliphatic rings. The summed E-state index contributed by atoms with van der Waals surface area (Å²) in [6, 6.07) is 32.1. The minimum absolute atomic E-state index is 0.333. The van der Waals surface area contributed by atoms with Gasteiger partial charge in [0.2, 0.25) is 0 Å². The molecule has 3 heteroatoms. The Morgan fingerprint density at radius 3 is 1.65 bits per heavy atom. The second kappa shape index (κ2) is 7.11. The van der Waals surface area contributed by atoms with Crippen molar-refractivity contribution in [3.8, 4) is 11.3 Å². The number of para-hydroxylation sites is 2. The molecule has 0 radical (unpaired) electrons. The Labute approximate surface area is 152 Å². The summed E-state index contributed by atoms with van der Waals surface area (Å²) in [4.78, 5) is 13.0. The summed E-state index contributed by atoms with van der Waals surface area (Å²) in [6.45, 7) is 0. The number of hydrogen-bond acceptors (Lipinski definition) is 3. The normalized spacial score (nSPS) is 10.5. The summed E-state index contributed by atoms with van der Waals surface area (Å²) in [5, 5.41) is 0. The number of rotatable bonds is 5. The third-order valence-corrected chi connectivity index (χ3v) is 4.18. The lowest BCUT2D eigenvalue weighted by Crippen LogP contribution is -2.09. The van der Waals surface area contributed by atoms with Gasteiger partial charge in [-0.15, -0.1) is 0 Å². The number of benzene rings is 3. The molecule has 0 N–H and O–H groups in total. The highest BCUT2D eigenvalue weighted by Gasteiger charge is 2.12. The standard InChI is InChI=1S/C23H17NO2/c25-17-22-15-16-23(26-22)18-11-13-21(14-12-18)24(19-7-3-1-4-8-19)20-9-5-2-6-10-20/h1-17H. The molecular weight excluding hydrogens is 322 g/mol. The number of carbonyl (C=O) groups is 1. The Morgan fingerprint density at radius 1 is 0.615 bits per heavy atom. The van der Waals surface area contributed by atoms with Crippen molar-refractivity contribution in [1.29, 1.82) is 0 Å². The summed E-state index contributed by atoms with van der Waals surface area (Å²) in [5.41, 5.74) is 4.16. The highest BCUT2D eigenvalue weighted by atomic mass is 16.3. The van der Waals surface area contributed by atoms with Gasteiger partial charge < -0.3 is 9.32 Å². The molecular formula is C23H17NO2. The average Bonchev–Trinajstić information content (AvgIpc) is 3.20. The monoisotopic (exact) mass is 339 g/mol. The van der Waals surface area contributed by atoms with Crippen molar-refractivity contribution in [3.05, 3.63) is 103 Å². The third kappa shape index (κ3) is 3.15. The molecule has 4 rings (SSSR count). The minimum Gasteiger partial charge on any atom is -0.453 e. The fourth-order valence-electron chi connectivity index (χ4n) is 2.95. The summed E-state index contributed by atoms with van der Waals surface area (Å²) in [7, 11) is 0. The van der Waals surface area contributed by atoms with Gasteiger partial charge >= 0.3 is 0 Å². The fourth-order valence-corrected chi connectivity index (χ4v) is 2.95. The first kappa shape index (κ1) is 15.9. The topological polar surface area (TPSA) is 33.5 Å². The predicted octanol–water partition coefficient (Wildman–Crippen LogP) is 6.23. The molecule has 0 saturated carbocycles. The maximum Gasteiger partial charge on any atom is 0.185 e. The lowest BCUT2D eigenvalue weighted by atomic mass is 10.1. The van der Waals surface area contributed by atoms with Crippen LogP contribution < -0.4 is 4.90 Å². The van der Waals surface area contributed by atoms with E-state index in [2.05, 4.69) is 41.3 Å². The summed E-state index contributed by atoms with van der Waals surface area (Å²) in [6.07, 6.45) is 0.713. The maximum absolute atomic E-state index is 10.8. The molecule has 0 spiro atoms. The van der Waals surface area contributed by atoms with Crippen LogP contribution >= 0.6 is 0 Å². The van der Waals surface area contributed by atoms with Crippen LogP contribution in [0.1, 0.15) is 10.6 Å². The first-order chi connectivity index (χ1) is 12.8. The van der Waals surface area contributed by atoms with Crippen LogP contribution in [0.25, 0.3) is 11.3 Å². The van der Waals surface area contributed by atoms with E-state index in [-0.39, 0.29) is 0 Å². The number of anilines is 3. The number of furan rings is 1. The molecule has 1 heterocycles. The van der Waals surface area contributed by atoms with Crippen molar-refractivity contribution in [2.45, 2.75) is 0 Å². The van der Waals surface area contributed by atoms with E-state index in [0.717, 1.165) is 22.6 Å². The number of carbonyl (C=O) groups excluding carboxylic acids is 1. The predicted molar refractivity (Wildman–Crippen MR) is 104 cm³/mol. The molecule has 0 aliphatic heterocycles. The van der Waals surface area contributed by atoms with Crippen LogP contribution in [0.15, 0.2) is 101 Å². The van der Waals surface area contributed by atoms with Gasteiger partial charge in [-0.05, 0) is 60.7 Å². The Hall–Kier alpha value is -3.59. The second-order valence-corrected chi connectivity index (χ2v) is 5.87. The van der Waals surface area contributed by atoms with Crippen LogP contribution in [0.3, 0.4) is 0 Å². The molecule has 0 aliphatic carbocycles. The lowest BCUT2D eigenvalue weighted by molar-refractivity contribution is 0.110. The van der Waals surface area contributed by atoms with Crippen molar-refractivity contribution in [1.82, 2.24) is 0 Å². The number of aldehydes is 1. The molecule has 0 bridgehead atoms. The van der Waals surface area contributed by atoms with Gasteiger partial charge in [0.15, 0.2) is 12.0 Å². The van der Waals surface area contributed by atoms with Crippen LogP contribution in [0.5, 0.6) is 0 Å². The van der Waals surface area contributed by atoms with E-state index < -0.39 is 0 Å². The van der Waals surface area contributed by atoms with Crippen molar-refractivity contribution in [2.75, 3.05) is 4.90 Å². The Bertz CT molecular complexity index is 950. The Kier molecular flexibility index (Phi) is 4.35. The van der Waals surface area contributed by atoms with Crippen LogP contribution in [-0.4, -0.2) is 6.29 Å². The van der Waals surface area contributed by atoms with E-state index in [4.69, 9.17) is 4.42 Å².